The van der Waals surface area contributed by atoms with Crippen LogP contribution < -0.4 is 10.2 Å². The summed E-state index contributed by atoms with van der Waals surface area (Å²) in [5.41, 5.74) is 3.45. The molecule has 2 heterocycles. The summed E-state index contributed by atoms with van der Waals surface area (Å²) in [5.74, 6) is 0.0442. The highest BCUT2D eigenvalue weighted by atomic mass is 16.6. The van der Waals surface area contributed by atoms with Crippen molar-refractivity contribution < 1.29 is 14.5 Å². The Balaban J connectivity index is 1.39. The maximum atomic E-state index is 13.0. The van der Waals surface area contributed by atoms with Gasteiger partial charge in [-0.15, -0.1) is 0 Å². The number of nitrogens with zero attached hydrogens (tertiary/aromatic N) is 3. The molecule has 2 aromatic rings. The molecule has 1 amide bonds. The smallest absolute Gasteiger partial charge is 0.292 e. The summed E-state index contributed by atoms with van der Waals surface area (Å²) in [5, 5.41) is 14.7. The fourth-order valence-corrected chi connectivity index (χ4v) is 4.51. The normalized spacial score (nSPS) is 18.7. The molecule has 2 saturated heterocycles. The van der Waals surface area contributed by atoms with Crippen molar-refractivity contribution in [1.29, 1.82) is 0 Å². The maximum Gasteiger partial charge on any atom is 0.292 e. The fraction of sp³-hybridized carbons (Fsp3) is 0.500. The first-order valence-electron chi connectivity index (χ1n) is 12.0. The van der Waals surface area contributed by atoms with Crippen molar-refractivity contribution in [1.82, 2.24) is 4.90 Å². The SMILES string of the molecule is CC(C)(C)c1ccc(C(=O)N2CCN(c3ccc([N+](=O)[O-])c(NC[C@@H]4CCCO4)c3)CC2)cc1. The largest absolute Gasteiger partial charge is 0.377 e. The number of ether oxygens (including phenoxy) is 1. The van der Waals surface area contributed by atoms with Gasteiger partial charge in [0.25, 0.3) is 11.6 Å². The zero-order chi connectivity index (χ0) is 24.3. The molecule has 0 bridgehead atoms. The van der Waals surface area contributed by atoms with Gasteiger partial charge in [0.15, 0.2) is 0 Å². The van der Waals surface area contributed by atoms with Gasteiger partial charge in [-0.25, -0.2) is 0 Å². The van der Waals surface area contributed by atoms with Gasteiger partial charge in [-0.3, -0.25) is 14.9 Å². The van der Waals surface area contributed by atoms with Gasteiger partial charge >= 0.3 is 0 Å². The van der Waals surface area contributed by atoms with E-state index in [4.69, 9.17) is 4.74 Å². The number of nitro benzene ring substituents is 1. The molecule has 0 spiro atoms. The monoisotopic (exact) mass is 466 g/mol. The lowest BCUT2D eigenvalue weighted by Crippen LogP contribution is -2.48. The van der Waals surface area contributed by atoms with E-state index in [1.165, 1.54) is 5.56 Å². The molecule has 0 saturated carbocycles. The Morgan fingerprint density at radius 2 is 1.82 bits per heavy atom. The van der Waals surface area contributed by atoms with E-state index < -0.39 is 0 Å². The lowest BCUT2D eigenvalue weighted by atomic mass is 9.86. The molecular formula is C26H34N4O4. The summed E-state index contributed by atoms with van der Waals surface area (Å²) in [4.78, 5) is 28.2. The van der Waals surface area contributed by atoms with Crippen LogP contribution in [-0.4, -0.2) is 61.2 Å². The van der Waals surface area contributed by atoms with Crippen LogP contribution in [0.2, 0.25) is 0 Å². The molecule has 0 aromatic heterocycles. The van der Waals surface area contributed by atoms with Crippen LogP contribution in [0.25, 0.3) is 0 Å². The lowest BCUT2D eigenvalue weighted by molar-refractivity contribution is -0.383. The summed E-state index contributed by atoms with van der Waals surface area (Å²) < 4.78 is 5.64. The van der Waals surface area contributed by atoms with Crippen LogP contribution in [0.4, 0.5) is 17.1 Å². The number of anilines is 2. The minimum absolute atomic E-state index is 0.0442. The molecule has 8 nitrogen and oxygen atoms in total. The topological polar surface area (TPSA) is 88.0 Å². The number of carbonyl (C=O) groups is 1. The predicted octanol–water partition coefficient (Wildman–Crippen LogP) is 4.45. The van der Waals surface area contributed by atoms with E-state index in [-0.39, 0.29) is 28.0 Å². The second kappa shape index (κ2) is 10.0. The van der Waals surface area contributed by atoms with E-state index in [0.717, 1.165) is 25.1 Å². The highest BCUT2D eigenvalue weighted by Crippen LogP contribution is 2.31. The van der Waals surface area contributed by atoms with Crippen molar-refractivity contribution in [2.24, 2.45) is 0 Å². The van der Waals surface area contributed by atoms with Crippen LogP contribution in [0.5, 0.6) is 0 Å². The van der Waals surface area contributed by atoms with Gasteiger partial charge in [-0.1, -0.05) is 32.9 Å². The third-order valence-electron chi connectivity index (χ3n) is 6.65. The van der Waals surface area contributed by atoms with Gasteiger partial charge in [-0.05, 0) is 48.1 Å². The Bertz CT molecular complexity index is 1020. The van der Waals surface area contributed by atoms with Crippen molar-refractivity contribution in [3.63, 3.8) is 0 Å². The Hall–Kier alpha value is -3.13. The number of benzene rings is 2. The van der Waals surface area contributed by atoms with E-state index in [2.05, 4.69) is 31.0 Å². The number of nitro groups is 1. The molecule has 0 radical (unpaired) electrons. The first-order chi connectivity index (χ1) is 16.2. The minimum Gasteiger partial charge on any atom is -0.377 e. The lowest BCUT2D eigenvalue weighted by Gasteiger charge is -2.36. The third-order valence-corrected chi connectivity index (χ3v) is 6.65. The van der Waals surface area contributed by atoms with Gasteiger partial charge in [0.1, 0.15) is 5.69 Å². The zero-order valence-electron chi connectivity index (χ0n) is 20.3. The standard InChI is InChI=1S/C26H34N4O4/c1-26(2,3)20-8-6-19(7-9-20)25(31)29-14-12-28(13-15-29)21-10-11-24(30(32)33)23(17-21)27-18-22-5-4-16-34-22/h6-11,17,22,27H,4-5,12-16,18H2,1-3H3/t22-/m0/s1. The van der Waals surface area contributed by atoms with Gasteiger partial charge < -0.3 is 19.9 Å². The van der Waals surface area contributed by atoms with E-state index in [9.17, 15) is 14.9 Å². The van der Waals surface area contributed by atoms with Crippen molar-refractivity contribution in [3.05, 3.63) is 63.7 Å². The Labute approximate surface area is 201 Å². The van der Waals surface area contributed by atoms with Crippen LogP contribution in [0.1, 0.15) is 49.5 Å². The van der Waals surface area contributed by atoms with E-state index in [0.29, 0.717) is 44.0 Å². The third kappa shape index (κ3) is 5.50. The Morgan fingerprint density at radius 1 is 1.12 bits per heavy atom. The van der Waals surface area contributed by atoms with Crippen LogP contribution in [0, 0.1) is 10.1 Å². The summed E-state index contributed by atoms with van der Waals surface area (Å²) in [6, 6.07) is 13.1. The molecule has 2 aromatic carbocycles. The molecule has 34 heavy (non-hydrogen) atoms. The Morgan fingerprint density at radius 3 is 2.41 bits per heavy atom. The first kappa shape index (κ1) is 24.0. The number of hydrogen-bond acceptors (Lipinski definition) is 6. The molecule has 1 atom stereocenters. The van der Waals surface area contributed by atoms with Crippen LogP contribution in [-0.2, 0) is 10.2 Å². The molecule has 2 fully saturated rings. The van der Waals surface area contributed by atoms with Gasteiger partial charge in [0.2, 0.25) is 0 Å². The van der Waals surface area contributed by atoms with Crippen molar-refractivity contribution in [2.45, 2.75) is 45.1 Å². The highest BCUT2D eigenvalue weighted by Gasteiger charge is 2.25. The zero-order valence-corrected chi connectivity index (χ0v) is 20.3. The number of piperazine rings is 1. The fourth-order valence-electron chi connectivity index (χ4n) is 4.51. The van der Waals surface area contributed by atoms with Crippen LogP contribution in [0.3, 0.4) is 0 Å². The first-order valence-corrected chi connectivity index (χ1v) is 12.0. The molecule has 8 heteroatoms. The van der Waals surface area contributed by atoms with Gasteiger partial charge in [-0.2, -0.15) is 0 Å². The molecule has 182 valence electrons. The van der Waals surface area contributed by atoms with Crippen LogP contribution >= 0.6 is 0 Å². The quantitative estimate of drug-likeness (QED) is 0.500. The summed E-state index contributed by atoms with van der Waals surface area (Å²) >= 11 is 0. The van der Waals surface area contributed by atoms with Crippen LogP contribution in [0.15, 0.2) is 42.5 Å². The number of amides is 1. The van der Waals surface area contributed by atoms with Crippen molar-refractivity contribution >= 4 is 23.0 Å². The van der Waals surface area contributed by atoms with Crippen molar-refractivity contribution in [2.75, 3.05) is 49.5 Å². The average molecular weight is 467 g/mol. The maximum absolute atomic E-state index is 13.0. The second-order valence-electron chi connectivity index (χ2n) is 10.1. The molecule has 4 rings (SSSR count). The highest BCUT2D eigenvalue weighted by molar-refractivity contribution is 5.94. The molecule has 0 aliphatic carbocycles. The molecular weight excluding hydrogens is 432 g/mol. The molecule has 2 aliphatic heterocycles. The number of hydrogen-bond donors (Lipinski definition) is 1. The summed E-state index contributed by atoms with van der Waals surface area (Å²) in [6.45, 7) is 10.3. The second-order valence-corrected chi connectivity index (χ2v) is 10.1. The number of carbonyl (C=O) groups excluding carboxylic acids is 1. The number of nitrogens with one attached hydrogen (secondary N) is 1. The van der Waals surface area contributed by atoms with Gasteiger partial charge in [0, 0.05) is 56.6 Å². The Kier molecular flexibility index (Phi) is 7.07. The molecule has 0 unspecified atom stereocenters. The average Bonchev–Trinajstić information content (AvgIpc) is 3.35. The molecule has 1 N–H and O–H groups in total. The number of rotatable bonds is 6. The van der Waals surface area contributed by atoms with Gasteiger partial charge in [0.05, 0.1) is 11.0 Å². The predicted molar refractivity (Wildman–Crippen MR) is 134 cm³/mol. The minimum atomic E-state index is -0.358. The van der Waals surface area contributed by atoms with E-state index in [1.54, 1.807) is 12.1 Å². The summed E-state index contributed by atoms with van der Waals surface area (Å²) in [6.07, 6.45) is 2.09. The van der Waals surface area contributed by atoms with E-state index >= 15 is 0 Å². The van der Waals surface area contributed by atoms with Crippen molar-refractivity contribution in [3.8, 4) is 0 Å². The molecule has 2 aliphatic rings. The van der Waals surface area contributed by atoms with E-state index in [1.807, 2.05) is 35.2 Å². The summed E-state index contributed by atoms with van der Waals surface area (Å²) in [7, 11) is 0.